The first-order valence-corrected chi connectivity index (χ1v) is 7.88. The van der Waals surface area contributed by atoms with Crippen molar-refractivity contribution in [3.8, 4) is 0 Å². The number of hydrogen-bond acceptors (Lipinski definition) is 3. The zero-order chi connectivity index (χ0) is 15.2. The molecule has 1 heterocycles. The summed E-state index contributed by atoms with van der Waals surface area (Å²) in [4.78, 5) is 14.0. The summed E-state index contributed by atoms with van der Waals surface area (Å²) in [6.45, 7) is 7.66. The summed E-state index contributed by atoms with van der Waals surface area (Å²) in [7, 11) is 0. The van der Waals surface area contributed by atoms with Crippen LogP contribution in [0.4, 0.5) is 0 Å². The van der Waals surface area contributed by atoms with Crippen molar-refractivity contribution in [1.82, 2.24) is 10.2 Å². The van der Waals surface area contributed by atoms with Crippen LogP contribution in [-0.4, -0.2) is 41.7 Å². The molecule has 0 aromatic heterocycles. The first-order valence-electron chi connectivity index (χ1n) is 7.88. The van der Waals surface area contributed by atoms with E-state index in [1.54, 1.807) is 0 Å². The van der Waals surface area contributed by atoms with Crippen LogP contribution in [0.3, 0.4) is 0 Å². The second kappa shape index (κ2) is 7.57. The topological polar surface area (TPSA) is 52.6 Å². The first-order chi connectivity index (χ1) is 10.1. The van der Waals surface area contributed by atoms with E-state index in [0.717, 1.165) is 38.0 Å². The number of likely N-dealkylation sites (tertiary alicyclic amines) is 1. The van der Waals surface area contributed by atoms with Gasteiger partial charge >= 0.3 is 5.97 Å². The minimum absolute atomic E-state index is 0.213. The van der Waals surface area contributed by atoms with E-state index in [9.17, 15) is 9.90 Å². The fraction of sp³-hybridized carbons (Fsp3) is 0.588. The molecule has 0 amide bonds. The van der Waals surface area contributed by atoms with E-state index in [4.69, 9.17) is 0 Å². The molecular formula is C17H26N2O2. The minimum atomic E-state index is -0.806. The molecule has 0 radical (unpaired) electrons. The number of carboxylic acids is 1. The molecule has 0 aliphatic carbocycles. The van der Waals surface area contributed by atoms with Crippen LogP contribution in [0.1, 0.15) is 38.3 Å². The second-order valence-electron chi connectivity index (χ2n) is 5.91. The molecule has 2 unspecified atom stereocenters. The molecule has 0 saturated carbocycles. The van der Waals surface area contributed by atoms with Gasteiger partial charge < -0.3 is 10.0 Å². The van der Waals surface area contributed by atoms with E-state index in [1.807, 2.05) is 30.3 Å². The first kappa shape index (κ1) is 16.0. The number of hydrogen-bond donors (Lipinski definition) is 2. The zero-order valence-electron chi connectivity index (χ0n) is 13.0. The number of nitrogens with one attached hydrogen (secondary N) is 1. The van der Waals surface area contributed by atoms with E-state index in [0.29, 0.717) is 5.92 Å². The molecule has 116 valence electrons. The van der Waals surface area contributed by atoms with Crippen LogP contribution < -0.4 is 5.32 Å². The molecule has 1 fully saturated rings. The van der Waals surface area contributed by atoms with Gasteiger partial charge in [-0.15, -0.1) is 0 Å². The van der Waals surface area contributed by atoms with Crippen molar-refractivity contribution in [3.05, 3.63) is 35.9 Å². The van der Waals surface area contributed by atoms with Gasteiger partial charge in [0.15, 0.2) is 0 Å². The normalized spacial score (nSPS) is 20.1. The van der Waals surface area contributed by atoms with Crippen molar-refractivity contribution in [1.29, 1.82) is 0 Å². The van der Waals surface area contributed by atoms with E-state index < -0.39 is 12.0 Å². The van der Waals surface area contributed by atoms with Gasteiger partial charge in [-0.3, -0.25) is 10.1 Å². The van der Waals surface area contributed by atoms with Crippen LogP contribution in [0.2, 0.25) is 0 Å². The monoisotopic (exact) mass is 290 g/mol. The second-order valence-corrected chi connectivity index (χ2v) is 5.91. The summed E-state index contributed by atoms with van der Waals surface area (Å²) >= 11 is 0. The number of piperidine rings is 1. The number of carbonyl (C=O) groups is 1. The highest BCUT2D eigenvalue weighted by Gasteiger charge is 2.27. The Morgan fingerprint density at radius 2 is 1.95 bits per heavy atom. The number of nitrogens with zero attached hydrogens (tertiary/aromatic N) is 1. The molecule has 2 N–H and O–H groups in total. The highest BCUT2D eigenvalue weighted by molar-refractivity contribution is 5.75. The van der Waals surface area contributed by atoms with Gasteiger partial charge in [-0.25, -0.2) is 0 Å². The van der Waals surface area contributed by atoms with Gasteiger partial charge in [0.2, 0.25) is 0 Å². The third-order valence-corrected chi connectivity index (χ3v) is 4.60. The number of rotatable bonds is 6. The van der Waals surface area contributed by atoms with Crippen molar-refractivity contribution in [2.75, 3.05) is 19.6 Å². The Morgan fingerprint density at radius 3 is 2.48 bits per heavy atom. The largest absolute Gasteiger partial charge is 0.480 e. The Hall–Kier alpha value is -1.39. The Labute approximate surface area is 127 Å². The molecule has 0 bridgehead atoms. The molecule has 1 aliphatic heterocycles. The quantitative estimate of drug-likeness (QED) is 0.845. The smallest absolute Gasteiger partial charge is 0.325 e. The van der Waals surface area contributed by atoms with Crippen LogP contribution in [0.15, 0.2) is 30.3 Å². The molecule has 0 spiro atoms. The summed E-state index contributed by atoms with van der Waals surface area (Å²) in [5, 5.41) is 12.8. The molecular weight excluding hydrogens is 264 g/mol. The minimum Gasteiger partial charge on any atom is -0.480 e. The SMILES string of the molecule is CCN1CCC(C(C)NC(C(=O)O)c2ccccc2)CC1. The fourth-order valence-electron chi connectivity index (χ4n) is 3.12. The van der Waals surface area contributed by atoms with Crippen LogP contribution >= 0.6 is 0 Å². The predicted molar refractivity (Wildman–Crippen MR) is 84.3 cm³/mol. The molecule has 1 aromatic rings. The van der Waals surface area contributed by atoms with Gasteiger partial charge in [0.05, 0.1) is 0 Å². The van der Waals surface area contributed by atoms with Crippen molar-refractivity contribution < 1.29 is 9.90 Å². The van der Waals surface area contributed by atoms with Gasteiger partial charge in [-0.05, 0) is 50.9 Å². The Bertz CT molecular complexity index is 441. The van der Waals surface area contributed by atoms with E-state index >= 15 is 0 Å². The lowest BCUT2D eigenvalue weighted by atomic mass is 9.89. The number of carboxylic acid groups (broad SMARTS) is 1. The molecule has 1 saturated heterocycles. The van der Waals surface area contributed by atoms with Gasteiger partial charge in [0, 0.05) is 6.04 Å². The highest BCUT2D eigenvalue weighted by Crippen LogP contribution is 2.23. The number of aliphatic carboxylic acids is 1. The third kappa shape index (κ3) is 4.29. The van der Waals surface area contributed by atoms with Gasteiger partial charge in [0.1, 0.15) is 6.04 Å². The van der Waals surface area contributed by atoms with Crippen molar-refractivity contribution in [2.24, 2.45) is 5.92 Å². The predicted octanol–water partition coefficient (Wildman–Crippen LogP) is 2.52. The Balaban J connectivity index is 1.96. The molecule has 4 nitrogen and oxygen atoms in total. The number of benzene rings is 1. The summed E-state index contributed by atoms with van der Waals surface area (Å²) in [5.41, 5.74) is 0.822. The average molecular weight is 290 g/mol. The molecule has 4 heteroatoms. The highest BCUT2D eigenvalue weighted by atomic mass is 16.4. The Morgan fingerprint density at radius 1 is 1.33 bits per heavy atom. The lowest BCUT2D eigenvalue weighted by molar-refractivity contribution is -0.140. The fourth-order valence-corrected chi connectivity index (χ4v) is 3.12. The van der Waals surface area contributed by atoms with Crippen molar-refractivity contribution in [3.63, 3.8) is 0 Å². The molecule has 1 aliphatic rings. The summed E-state index contributed by atoms with van der Waals surface area (Å²) in [6, 6.07) is 9.02. The Kier molecular flexibility index (Phi) is 5.76. The lowest BCUT2D eigenvalue weighted by Crippen LogP contribution is -2.44. The van der Waals surface area contributed by atoms with E-state index in [-0.39, 0.29) is 6.04 Å². The molecule has 21 heavy (non-hydrogen) atoms. The maximum absolute atomic E-state index is 11.5. The average Bonchev–Trinajstić information content (AvgIpc) is 2.53. The zero-order valence-corrected chi connectivity index (χ0v) is 13.0. The van der Waals surface area contributed by atoms with Crippen molar-refractivity contribution >= 4 is 5.97 Å². The summed E-state index contributed by atoms with van der Waals surface area (Å²) in [5.74, 6) is -0.252. The van der Waals surface area contributed by atoms with E-state index in [1.165, 1.54) is 0 Å². The van der Waals surface area contributed by atoms with Crippen LogP contribution in [0.5, 0.6) is 0 Å². The molecule has 2 atom stereocenters. The standard InChI is InChI=1S/C17H26N2O2/c1-3-19-11-9-14(10-12-19)13(2)18-16(17(20)21)15-7-5-4-6-8-15/h4-8,13-14,16,18H,3,9-12H2,1-2H3,(H,20,21). The lowest BCUT2D eigenvalue weighted by Gasteiger charge is -2.35. The van der Waals surface area contributed by atoms with Gasteiger partial charge in [-0.2, -0.15) is 0 Å². The van der Waals surface area contributed by atoms with Crippen LogP contribution in [0, 0.1) is 5.92 Å². The van der Waals surface area contributed by atoms with E-state index in [2.05, 4.69) is 24.1 Å². The summed E-state index contributed by atoms with van der Waals surface area (Å²) in [6.07, 6.45) is 2.28. The van der Waals surface area contributed by atoms with Crippen LogP contribution in [-0.2, 0) is 4.79 Å². The maximum Gasteiger partial charge on any atom is 0.325 e. The van der Waals surface area contributed by atoms with Gasteiger partial charge in [0.25, 0.3) is 0 Å². The summed E-state index contributed by atoms with van der Waals surface area (Å²) < 4.78 is 0. The van der Waals surface area contributed by atoms with Gasteiger partial charge in [-0.1, -0.05) is 37.3 Å². The van der Waals surface area contributed by atoms with Crippen LogP contribution in [0.25, 0.3) is 0 Å². The molecule has 1 aromatic carbocycles. The maximum atomic E-state index is 11.5. The molecule has 2 rings (SSSR count). The third-order valence-electron chi connectivity index (χ3n) is 4.60. The van der Waals surface area contributed by atoms with Crippen molar-refractivity contribution in [2.45, 2.75) is 38.8 Å².